The van der Waals surface area contributed by atoms with Crippen LogP contribution in [0, 0.1) is 0 Å². The van der Waals surface area contributed by atoms with Crippen LogP contribution in [0.1, 0.15) is 75.0 Å². The van der Waals surface area contributed by atoms with Crippen LogP contribution >= 0.6 is 0 Å². The highest BCUT2D eigenvalue weighted by molar-refractivity contribution is 6.12. The topological polar surface area (TPSA) is 192 Å². The molecule has 2 rings (SSSR count). The van der Waals surface area contributed by atoms with Crippen molar-refractivity contribution in [3.63, 3.8) is 0 Å². The number of carboxylic acid groups (broad SMARTS) is 1. The molecule has 1 aliphatic rings. The van der Waals surface area contributed by atoms with E-state index in [0.29, 0.717) is 0 Å². The van der Waals surface area contributed by atoms with Crippen molar-refractivity contribution >= 4 is 23.3 Å². The standard InChI is InChI=1S/C14H15NO5.C5H10O5/c1-5-9-10(6(2)16)12(7(3)17)15-13(8(4)18)11(9)14(19)20;6-1-2-3(7)4(8)5(9)10-2/h5H2,1-4H3,(H,19,20);2-9H,1H2/t;2-,3-,4-,5?/m.1/s1. The van der Waals surface area contributed by atoms with E-state index in [1.807, 2.05) is 0 Å². The Morgan fingerprint density at radius 2 is 1.40 bits per heavy atom. The lowest BCUT2D eigenvalue weighted by Crippen LogP contribution is -2.33. The molecule has 0 saturated carbocycles. The first-order valence-corrected chi connectivity index (χ1v) is 9.02. The summed E-state index contributed by atoms with van der Waals surface area (Å²) in [6.07, 6.45) is -4.55. The number of carbonyl (C=O) groups is 4. The number of aromatic nitrogens is 1. The zero-order valence-electron chi connectivity index (χ0n) is 16.9. The van der Waals surface area contributed by atoms with Gasteiger partial charge in [0, 0.05) is 13.8 Å². The Balaban J connectivity index is 0.000000375. The molecule has 1 fully saturated rings. The van der Waals surface area contributed by atoms with Gasteiger partial charge in [-0.25, -0.2) is 9.78 Å². The Morgan fingerprint density at radius 3 is 1.67 bits per heavy atom. The van der Waals surface area contributed by atoms with Crippen molar-refractivity contribution in [2.45, 2.75) is 58.7 Å². The first-order chi connectivity index (χ1) is 13.9. The van der Waals surface area contributed by atoms with E-state index in [-0.39, 0.29) is 34.5 Å². The summed E-state index contributed by atoms with van der Waals surface area (Å²) in [4.78, 5) is 50.1. The van der Waals surface area contributed by atoms with E-state index in [1.165, 1.54) is 20.8 Å². The van der Waals surface area contributed by atoms with Gasteiger partial charge in [0.05, 0.1) is 17.7 Å². The predicted octanol–water partition coefficient (Wildman–Crippen LogP) is -0.632. The van der Waals surface area contributed by atoms with E-state index < -0.39 is 54.5 Å². The van der Waals surface area contributed by atoms with Crippen molar-refractivity contribution in [1.82, 2.24) is 4.98 Å². The average molecular weight is 427 g/mol. The highest BCUT2D eigenvalue weighted by Gasteiger charge is 2.41. The van der Waals surface area contributed by atoms with E-state index in [4.69, 9.17) is 20.4 Å². The molecule has 11 nitrogen and oxygen atoms in total. The summed E-state index contributed by atoms with van der Waals surface area (Å²) >= 11 is 0. The van der Waals surface area contributed by atoms with Crippen LogP contribution in [0.2, 0.25) is 0 Å². The number of hydrogen-bond donors (Lipinski definition) is 5. The van der Waals surface area contributed by atoms with Crippen molar-refractivity contribution < 1.29 is 49.4 Å². The molecule has 2 heterocycles. The molecule has 11 heteroatoms. The number of carboxylic acids is 1. The molecule has 1 aromatic heterocycles. The number of nitrogens with zero attached hydrogens (tertiary/aromatic N) is 1. The fourth-order valence-corrected chi connectivity index (χ4v) is 2.99. The van der Waals surface area contributed by atoms with Gasteiger partial charge in [-0.2, -0.15) is 0 Å². The van der Waals surface area contributed by atoms with Gasteiger partial charge in [-0.05, 0) is 18.9 Å². The first kappa shape index (κ1) is 25.5. The van der Waals surface area contributed by atoms with Crippen LogP contribution in [0.3, 0.4) is 0 Å². The van der Waals surface area contributed by atoms with Crippen LogP contribution in [0.5, 0.6) is 0 Å². The molecule has 0 aromatic carbocycles. The van der Waals surface area contributed by atoms with Gasteiger partial charge in [-0.1, -0.05) is 6.92 Å². The minimum Gasteiger partial charge on any atom is -0.478 e. The number of Topliss-reactive ketones (excluding diaryl/α,β-unsaturated/α-hetero) is 3. The molecule has 1 aliphatic heterocycles. The van der Waals surface area contributed by atoms with E-state index >= 15 is 0 Å². The number of pyridine rings is 1. The summed E-state index contributed by atoms with van der Waals surface area (Å²) in [6.45, 7) is 4.88. The molecule has 1 aromatic rings. The van der Waals surface area contributed by atoms with Gasteiger partial charge in [-0.15, -0.1) is 0 Å². The van der Waals surface area contributed by atoms with E-state index in [0.717, 1.165) is 0 Å². The SMILES string of the molecule is CCc1c(C(C)=O)c(C(C)=O)nc(C(C)=O)c1C(=O)O.OC[C@H]1OC(O)[C@H](O)[C@@H]1O. The molecule has 1 unspecified atom stereocenters. The van der Waals surface area contributed by atoms with E-state index in [9.17, 15) is 24.3 Å². The Morgan fingerprint density at radius 1 is 0.900 bits per heavy atom. The van der Waals surface area contributed by atoms with Gasteiger partial charge in [0.15, 0.2) is 23.6 Å². The molecule has 0 spiro atoms. The third-order valence-electron chi connectivity index (χ3n) is 4.40. The van der Waals surface area contributed by atoms with Crippen LogP contribution in [0.25, 0.3) is 0 Å². The van der Waals surface area contributed by atoms with Gasteiger partial charge in [-0.3, -0.25) is 14.4 Å². The summed E-state index contributed by atoms with van der Waals surface area (Å²) < 4.78 is 4.54. The lowest BCUT2D eigenvalue weighted by molar-refractivity contribution is -0.132. The number of aromatic carboxylic acids is 1. The number of hydrogen-bond acceptors (Lipinski definition) is 10. The molecule has 1 saturated heterocycles. The number of rotatable bonds is 6. The van der Waals surface area contributed by atoms with Crippen LogP contribution < -0.4 is 0 Å². The number of aliphatic hydroxyl groups excluding tert-OH is 4. The maximum Gasteiger partial charge on any atom is 0.338 e. The molecule has 4 atom stereocenters. The van der Waals surface area contributed by atoms with Crippen LogP contribution in [0.15, 0.2) is 0 Å². The van der Waals surface area contributed by atoms with Gasteiger partial charge < -0.3 is 30.3 Å². The van der Waals surface area contributed by atoms with Gasteiger partial charge in [0.25, 0.3) is 0 Å². The third kappa shape index (κ3) is 5.32. The number of ether oxygens (including phenoxy) is 1. The summed E-state index contributed by atoms with van der Waals surface area (Å²) in [5.74, 6) is -2.83. The molecule has 0 aliphatic carbocycles. The summed E-state index contributed by atoms with van der Waals surface area (Å²) in [5.41, 5.74) is -0.567. The number of aliphatic hydroxyl groups is 4. The van der Waals surface area contributed by atoms with Gasteiger partial charge in [0.2, 0.25) is 0 Å². The van der Waals surface area contributed by atoms with Crippen LogP contribution in [0.4, 0.5) is 0 Å². The molecule has 30 heavy (non-hydrogen) atoms. The second-order valence-electron chi connectivity index (χ2n) is 6.59. The summed E-state index contributed by atoms with van der Waals surface area (Å²) in [7, 11) is 0. The highest BCUT2D eigenvalue weighted by Crippen LogP contribution is 2.24. The summed E-state index contributed by atoms with van der Waals surface area (Å²) in [5, 5.41) is 44.2. The average Bonchev–Trinajstić information content (AvgIpc) is 2.92. The normalized spacial score (nSPS) is 22.8. The van der Waals surface area contributed by atoms with Crippen molar-refractivity contribution in [1.29, 1.82) is 0 Å². The number of carbonyl (C=O) groups excluding carboxylic acids is 3. The second kappa shape index (κ2) is 10.5. The van der Waals surface area contributed by atoms with Crippen molar-refractivity contribution in [3.05, 3.63) is 28.1 Å². The van der Waals surface area contributed by atoms with Crippen molar-refractivity contribution in [2.75, 3.05) is 6.61 Å². The van der Waals surface area contributed by atoms with Crippen molar-refractivity contribution in [3.8, 4) is 0 Å². The minimum absolute atomic E-state index is 0.0117. The molecular formula is C19H25NO10. The molecular weight excluding hydrogens is 402 g/mol. The van der Waals surface area contributed by atoms with E-state index in [1.54, 1.807) is 6.92 Å². The lowest BCUT2D eigenvalue weighted by Gasteiger charge is -2.14. The summed E-state index contributed by atoms with van der Waals surface area (Å²) in [6, 6.07) is 0. The first-order valence-electron chi connectivity index (χ1n) is 9.02. The molecule has 0 bridgehead atoms. The maximum absolute atomic E-state index is 11.7. The molecule has 0 radical (unpaired) electrons. The molecule has 5 N–H and O–H groups in total. The second-order valence-corrected chi connectivity index (χ2v) is 6.59. The lowest BCUT2D eigenvalue weighted by atomic mass is 9.92. The fourth-order valence-electron chi connectivity index (χ4n) is 2.99. The highest BCUT2D eigenvalue weighted by atomic mass is 16.6. The number of ketones is 3. The molecule has 166 valence electrons. The Kier molecular flexibility index (Phi) is 8.88. The zero-order valence-corrected chi connectivity index (χ0v) is 16.9. The largest absolute Gasteiger partial charge is 0.478 e. The zero-order chi connectivity index (χ0) is 23.3. The minimum atomic E-state index is -1.38. The Hall–Kier alpha value is -2.57. The van der Waals surface area contributed by atoms with Crippen molar-refractivity contribution in [2.24, 2.45) is 0 Å². The van der Waals surface area contributed by atoms with Crippen LogP contribution in [-0.2, 0) is 11.2 Å². The van der Waals surface area contributed by atoms with Gasteiger partial charge >= 0.3 is 5.97 Å². The monoisotopic (exact) mass is 427 g/mol. The van der Waals surface area contributed by atoms with Gasteiger partial charge in [0.1, 0.15) is 29.7 Å². The quantitative estimate of drug-likeness (QED) is 0.363. The van der Waals surface area contributed by atoms with E-state index in [2.05, 4.69) is 9.72 Å². The Labute approximate surface area is 171 Å². The fraction of sp³-hybridized carbons (Fsp3) is 0.526. The maximum atomic E-state index is 11.7. The predicted molar refractivity (Wildman–Crippen MR) is 101 cm³/mol. The molecule has 0 amide bonds. The van der Waals surface area contributed by atoms with Crippen LogP contribution in [-0.4, -0.2) is 85.0 Å². The smallest absolute Gasteiger partial charge is 0.338 e. The third-order valence-corrected chi connectivity index (χ3v) is 4.40. The Bertz CT molecular complexity index is 800.